The third-order valence-corrected chi connectivity index (χ3v) is 21.9. The molecule has 0 unspecified atom stereocenters. The largest absolute Gasteiger partial charge is 0.541 e. The Labute approximate surface area is 224 Å². The molecule has 0 fully saturated rings. The highest BCUT2D eigenvalue weighted by atomic mass is 32.2. The predicted molar refractivity (Wildman–Crippen MR) is 163 cm³/mol. The van der Waals surface area contributed by atoms with E-state index in [1.165, 1.54) is 0 Å². The first-order chi connectivity index (χ1) is 15.4. The van der Waals surface area contributed by atoms with Crippen LogP contribution in [0.2, 0.25) is 54.4 Å². The maximum atomic E-state index is 10.4. The molecule has 0 atom stereocenters. The third-order valence-electron chi connectivity index (χ3n) is 8.35. The Morgan fingerprint density at radius 3 is 1.40 bits per heavy atom. The molecule has 0 aliphatic heterocycles. The van der Waals surface area contributed by atoms with Crippen LogP contribution in [0.3, 0.4) is 0 Å². The second-order valence-electron chi connectivity index (χ2n) is 14.3. The van der Waals surface area contributed by atoms with Crippen molar-refractivity contribution in [1.82, 2.24) is 0 Å². The summed E-state index contributed by atoms with van der Waals surface area (Å²) in [5, 5.41) is 10.5. The van der Waals surface area contributed by atoms with E-state index in [-0.39, 0.29) is 21.7 Å². The molecule has 0 aromatic heterocycles. The van der Waals surface area contributed by atoms with Gasteiger partial charge in [0.2, 0.25) is 0 Å². The molecule has 0 heterocycles. The number of benzene rings is 1. The number of hydrogen-bond donors (Lipinski definition) is 1. The Bertz CT molecular complexity index is 876. The van der Waals surface area contributed by atoms with Crippen molar-refractivity contribution in [3.8, 4) is 17.2 Å². The van der Waals surface area contributed by atoms with E-state index in [1.54, 1.807) is 11.8 Å². The van der Waals surface area contributed by atoms with Crippen LogP contribution in [0.5, 0.6) is 17.2 Å². The lowest BCUT2D eigenvalue weighted by Crippen LogP contribution is -2.47. The number of thioether (sulfide) groups is 1. The average molecular weight is 559 g/mol. The van der Waals surface area contributed by atoms with Gasteiger partial charge in [0.15, 0.2) is 11.5 Å². The number of hydrogen-bond acceptors (Lipinski definition) is 5. The van der Waals surface area contributed by atoms with Gasteiger partial charge in [-0.2, -0.15) is 11.8 Å². The second-order valence-corrected chi connectivity index (χ2v) is 29.4. The van der Waals surface area contributed by atoms with Crippen LogP contribution in [-0.4, -0.2) is 36.3 Å². The first kappa shape index (κ1) is 32.6. The van der Waals surface area contributed by atoms with Gasteiger partial charge in [-0.1, -0.05) is 62.3 Å². The fourth-order valence-corrected chi connectivity index (χ4v) is 6.33. The van der Waals surface area contributed by atoms with E-state index in [2.05, 4.69) is 108 Å². The Morgan fingerprint density at radius 1 is 0.686 bits per heavy atom. The summed E-state index contributed by atoms with van der Waals surface area (Å²) in [4.78, 5) is 0. The molecule has 4 nitrogen and oxygen atoms in total. The van der Waals surface area contributed by atoms with Crippen molar-refractivity contribution >= 4 is 36.7 Å². The molecule has 8 heteroatoms. The van der Waals surface area contributed by atoms with Gasteiger partial charge in [0.25, 0.3) is 25.0 Å². The summed E-state index contributed by atoms with van der Waals surface area (Å²) in [7, 11) is -6.62. The highest BCUT2D eigenvalue weighted by molar-refractivity contribution is 7.97. The normalized spacial score (nSPS) is 14.2. The number of aliphatic hydroxyl groups is 1. The minimum Gasteiger partial charge on any atom is -0.541 e. The maximum Gasteiger partial charge on any atom is 0.250 e. The first-order valence-electron chi connectivity index (χ1n) is 12.8. The molecule has 35 heavy (non-hydrogen) atoms. The lowest BCUT2D eigenvalue weighted by atomic mass is 10.1. The molecule has 0 aliphatic rings. The fraction of sp³-hybridized carbons (Fsp3) is 0.778. The predicted octanol–water partition coefficient (Wildman–Crippen LogP) is 9.19. The van der Waals surface area contributed by atoms with Crippen LogP contribution < -0.4 is 13.3 Å². The van der Waals surface area contributed by atoms with Crippen LogP contribution in [-0.2, 0) is 12.4 Å². The lowest BCUT2D eigenvalue weighted by molar-refractivity contribution is 0.279. The third kappa shape index (κ3) is 7.56. The maximum absolute atomic E-state index is 10.4. The fourth-order valence-electron chi connectivity index (χ4n) is 2.67. The minimum atomic E-state index is -2.22. The average Bonchev–Trinajstić information content (AvgIpc) is 2.62. The molecule has 0 saturated heterocycles. The molecule has 0 aliphatic carbocycles. The van der Waals surface area contributed by atoms with Crippen molar-refractivity contribution in [2.75, 3.05) is 6.26 Å². The summed E-state index contributed by atoms with van der Waals surface area (Å²) in [6.45, 7) is 33.8. The Hall–Kier alpha value is -0.419. The van der Waals surface area contributed by atoms with E-state index in [4.69, 9.17) is 13.3 Å². The summed E-state index contributed by atoms with van der Waals surface area (Å²) in [5.41, 5.74) is 1.89. The van der Waals surface area contributed by atoms with Gasteiger partial charge in [0.05, 0.1) is 6.61 Å². The summed E-state index contributed by atoms with van der Waals surface area (Å²) in [5.74, 6) is 3.00. The first-order valence-corrected chi connectivity index (χ1v) is 22.9. The molecule has 204 valence electrons. The van der Waals surface area contributed by atoms with Crippen molar-refractivity contribution in [2.45, 2.75) is 129 Å². The van der Waals surface area contributed by atoms with Gasteiger partial charge in [-0.25, -0.2) is 0 Å². The number of rotatable bonds is 9. The summed E-state index contributed by atoms with van der Waals surface area (Å²) >= 11 is 1.74. The molecular formula is C27H54O4SSi3. The van der Waals surface area contributed by atoms with E-state index in [0.717, 1.165) is 34.1 Å². The topological polar surface area (TPSA) is 47.9 Å². The molecular weight excluding hydrogens is 505 g/mol. The zero-order chi connectivity index (χ0) is 27.8. The van der Waals surface area contributed by atoms with Gasteiger partial charge in [-0.15, -0.1) is 0 Å². The SMILES string of the molecule is CSCc1c(CO)cc(O[Si](C)(C)C(C)(C)C)c(O[Si](C)(C)C(C)(C)C)c1O[Si](C)(C)C(C)(C)C. The van der Waals surface area contributed by atoms with Gasteiger partial charge in [0.1, 0.15) is 5.75 Å². The van der Waals surface area contributed by atoms with Crippen LogP contribution in [0.4, 0.5) is 0 Å². The van der Waals surface area contributed by atoms with Gasteiger partial charge < -0.3 is 18.4 Å². The van der Waals surface area contributed by atoms with Crippen LogP contribution in [0, 0.1) is 0 Å². The summed E-state index contributed by atoms with van der Waals surface area (Å²) in [6.07, 6.45) is 2.09. The van der Waals surface area contributed by atoms with Crippen molar-refractivity contribution in [2.24, 2.45) is 0 Å². The number of aliphatic hydroxyl groups excluding tert-OH is 1. The quantitative estimate of drug-likeness (QED) is 0.306. The van der Waals surface area contributed by atoms with Gasteiger partial charge in [-0.05, 0) is 72.3 Å². The lowest BCUT2D eigenvalue weighted by Gasteiger charge is -2.42. The molecule has 0 saturated carbocycles. The highest BCUT2D eigenvalue weighted by Crippen LogP contribution is 2.52. The van der Waals surface area contributed by atoms with E-state index in [0.29, 0.717) is 0 Å². The van der Waals surface area contributed by atoms with E-state index in [1.807, 2.05) is 6.07 Å². The molecule has 0 bridgehead atoms. The van der Waals surface area contributed by atoms with Crippen LogP contribution in [0.15, 0.2) is 6.07 Å². The molecule has 0 amide bonds. The monoisotopic (exact) mass is 558 g/mol. The van der Waals surface area contributed by atoms with E-state index >= 15 is 0 Å². The zero-order valence-electron chi connectivity index (χ0n) is 25.6. The molecule has 0 radical (unpaired) electrons. The zero-order valence-corrected chi connectivity index (χ0v) is 29.4. The van der Waals surface area contributed by atoms with Crippen molar-refractivity contribution in [3.63, 3.8) is 0 Å². The minimum absolute atomic E-state index is 0.0187. The van der Waals surface area contributed by atoms with E-state index < -0.39 is 25.0 Å². The smallest absolute Gasteiger partial charge is 0.250 e. The molecule has 1 N–H and O–H groups in total. The van der Waals surface area contributed by atoms with Crippen molar-refractivity contribution in [1.29, 1.82) is 0 Å². The van der Waals surface area contributed by atoms with Gasteiger partial charge >= 0.3 is 0 Å². The standard InChI is InChI=1S/C27H54O4SSi3/c1-25(2,3)33(11,12)29-22-17-20(18-28)21(19-32-10)23(30-34(13,14)26(4,5)6)24(22)31-35(15,16)27(7,8)9/h17,28H,18-19H2,1-16H3. The molecule has 0 spiro atoms. The Kier molecular flexibility index (Phi) is 10.0. The van der Waals surface area contributed by atoms with Crippen molar-refractivity contribution in [3.05, 3.63) is 17.2 Å². The van der Waals surface area contributed by atoms with Gasteiger partial charge in [0, 0.05) is 11.3 Å². The van der Waals surface area contributed by atoms with Crippen molar-refractivity contribution < 1.29 is 18.4 Å². The summed E-state index contributed by atoms with van der Waals surface area (Å²) < 4.78 is 21.1. The second kappa shape index (κ2) is 10.8. The molecule has 1 rings (SSSR count). The Morgan fingerprint density at radius 2 is 1.06 bits per heavy atom. The van der Waals surface area contributed by atoms with E-state index in [9.17, 15) is 5.11 Å². The molecule has 1 aromatic carbocycles. The Balaban J connectivity index is 4.08. The van der Waals surface area contributed by atoms with Crippen LogP contribution >= 0.6 is 11.8 Å². The van der Waals surface area contributed by atoms with Gasteiger partial charge in [-0.3, -0.25) is 0 Å². The summed E-state index contributed by atoms with van der Waals surface area (Å²) in [6, 6.07) is 2.02. The highest BCUT2D eigenvalue weighted by Gasteiger charge is 2.45. The van der Waals surface area contributed by atoms with Crippen LogP contribution in [0.25, 0.3) is 0 Å². The van der Waals surface area contributed by atoms with Crippen LogP contribution in [0.1, 0.15) is 73.4 Å². The molecule has 1 aromatic rings.